The molecular formula is C11H7F3N4. The number of nitrogens with zero attached hydrogens (tertiary/aromatic N) is 3. The van der Waals surface area contributed by atoms with E-state index in [1.165, 1.54) is 30.3 Å². The molecule has 0 fully saturated rings. The number of nitrogen functional groups attached to an aromatic ring is 1. The molecule has 0 amide bonds. The minimum absolute atomic E-state index is 0.399. The monoisotopic (exact) mass is 252 g/mol. The number of hydrogen-bond acceptors (Lipinski definition) is 3. The molecular weight excluding hydrogens is 245 g/mol. The van der Waals surface area contributed by atoms with Crippen molar-refractivity contribution in [2.75, 3.05) is 5.73 Å². The third-order valence-corrected chi connectivity index (χ3v) is 2.26. The Morgan fingerprint density at radius 2 is 1.83 bits per heavy atom. The summed E-state index contributed by atoms with van der Waals surface area (Å²) >= 11 is 0. The Kier molecular flexibility index (Phi) is 2.71. The average molecular weight is 252 g/mol. The third kappa shape index (κ3) is 2.13. The van der Waals surface area contributed by atoms with E-state index in [9.17, 15) is 13.2 Å². The molecule has 0 aliphatic heterocycles. The lowest BCUT2D eigenvalue weighted by atomic mass is 10.2. The van der Waals surface area contributed by atoms with Crippen molar-refractivity contribution >= 4 is 5.69 Å². The summed E-state index contributed by atoms with van der Waals surface area (Å²) in [6, 6.07) is 7.59. The molecule has 2 N–H and O–H groups in total. The molecule has 1 heterocycles. The Morgan fingerprint density at radius 1 is 1.22 bits per heavy atom. The molecule has 0 radical (unpaired) electrons. The summed E-state index contributed by atoms with van der Waals surface area (Å²) in [7, 11) is 0. The van der Waals surface area contributed by atoms with Crippen LogP contribution in [0.25, 0.3) is 5.69 Å². The van der Waals surface area contributed by atoms with Crippen LogP contribution in [0.4, 0.5) is 18.9 Å². The molecule has 2 aromatic rings. The van der Waals surface area contributed by atoms with Crippen molar-refractivity contribution in [1.29, 1.82) is 5.26 Å². The van der Waals surface area contributed by atoms with Gasteiger partial charge in [0, 0.05) is 11.9 Å². The molecule has 0 aliphatic rings. The maximum Gasteiger partial charge on any atom is 0.436 e. The summed E-state index contributed by atoms with van der Waals surface area (Å²) < 4.78 is 38.7. The highest BCUT2D eigenvalue weighted by molar-refractivity contribution is 5.46. The van der Waals surface area contributed by atoms with Crippen molar-refractivity contribution in [2.45, 2.75) is 6.18 Å². The van der Waals surface area contributed by atoms with E-state index >= 15 is 0 Å². The van der Waals surface area contributed by atoms with Crippen molar-refractivity contribution in [1.82, 2.24) is 9.78 Å². The zero-order valence-electron chi connectivity index (χ0n) is 8.94. The predicted molar refractivity (Wildman–Crippen MR) is 57.7 cm³/mol. The average Bonchev–Trinajstić information content (AvgIpc) is 2.73. The van der Waals surface area contributed by atoms with Gasteiger partial charge in [0.15, 0.2) is 5.69 Å². The molecule has 4 nitrogen and oxygen atoms in total. The Balaban J connectivity index is 2.52. The fourth-order valence-electron chi connectivity index (χ4n) is 1.42. The minimum Gasteiger partial charge on any atom is -0.399 e. The van der Waals surface area contributed by atoms with Gasteiger partial charge in [-0.15, -0.1) is 0 Å². The largest absolute Gasteiger partial charge is 0.436 e. The van der Waals surface area contributed by atoms with Gasteiger partial charge in [-0.3, -0.25) is 0 Å². The first kappa shape index (κ1) is 12.0. The van der Waals surface area contributed by atoms with Gasteiger partial charge in [0.25, 0.3) is 0 Å². The van der Waals surface area contributed by atoms with Crippen molar-refractivity contribution in [2.24, 2.45) is 0 Å². The van der Waals surface area contributed by atoms with Crippen LogP contribution in [0.5, 0.6) is 0 Å². The lowest BCUT2D eigenvalue weighted by Crippen LogP contribution is -2.08. The fourth-order valence-corrected chi connectivity index (χ4v) is 1.42. The molecule has 0 spiro atoms. The van der Waals surface area contributed by atoms with Gasteiger partial charge in [-0.2, -0.15) is 23.5 Å². The quantitative estimate of drug-likeness (QED) is 0.792. The van der Waals surface area contributed by atoms with Crippen LogP contribution in [-0.4, -0.2) is 9.78 Å². The summed E-state index contributed by atoms with van der Waals surface area (Å²) in [6.45, 7) is 0. The molecule has 0 aliphatic carbocycles. The van der Waals surface area contributed by atoms with Gasteiger partial charge in [-0.25, -0.2) is 4.68 Å². The number of rotatable bonds is 1. The molecule has 92 valence electrons. The highest BCUT2D eigenvalue weighted by atomic mass is 19.4. The van der Waals surface area contributed by atoms with E-state index in [4.69, 9.17) is 11.0 Å². The van der Waals surface area contributed by atoms with Crippen molar-refractivity contribution < 1.29 is 13.2 Å². The normalized spacial score (nSPS) is 11.2. The SMILES string of the molecule is N#Cc1cn(-c2ccc(N)cc2)nc1C(F)(F)F. The van der Waals surface area contributed by atoms with Gasteiger partial charge in [-0.05, 0) is 24.3 Å². The maximum atomic E-state index is 12.6. The molecule has 0 saturated carbocycles. The molecule has 1 aromatic carbocycles. The predicted octanol–water partition coefficient (Wildman–Crippen LogP) is 2.34. The van der Waals surface area contributed by atoms with E-state index < -0.39 is 17.4 Å². The van der Waals surface area contributed by atoms with E-state index in [0.29, 0.717) is 11.4 Å². The van der Waals surface area contributed by atoms with Crippen molar-refractivity contribution in [3.8, 4) is 11.8 Å². The Labute approximate surface area is 100 Å². The number of alkyl halides is 3. The maximum absolute atomic E-state index is 12.6. The molecule has 1 aromatic heterocycles. The number of halogens is 3. The number of benzene rings is 1. The summed E-state index contributed by atoms with van der Waals surface area (Å²) in [4.78, 5) is 0. The Morgan fingerprint density at radius 3 is 2.28 bits per heavy atom. The van der Waals surface area contributed by atoms with Crippen LogP contribution in [0.1, 0.15) is 11.3 Å². The summed E-state index contributed by atoms with van der Waals surface area (Å²) in [5.74, 6) is 0. The van der Waals surface area contributed by atoms with Crippen LogP contribution in [0.3, 0.4) is 0 Å². The van der Waals surface area contributed by atoms with Crippen LogP contribution < -0.4 is 5.73 Å². The molecule has 2 rings (SSSR count). The number of hydrogen-bond donors (Lipinski definition) is 1. The Bertz CT molecular complexity index is 605. The van der Waals surface area contributed by atoms with Crippen LogP contribution in [0, 0.1) is 11.3 Å². The fraction of sp³-hybridized carbons (Fsp3) is 0.0909. The van der Waals surface area contributed by atoms with Gasteiger partial charge in [0.2, 0.25) is 0 Å². The second-order valence-electron chi connectivity index (χ2n) is 3.54. The smallest absolute Gasteiger partial charge is 0.399 e. The second kappa shape index (κ2) is 4.07. The summed E-state index contributed by atoms with van der Waals surface area (Å²) in [6.07, 6.45) is -3.61. The van der Waals surface area contributed by atoms with Gasteiger partial charge in [0.05, 0.1) is 5.69 Å². The standard InChI is InChI=1S/C11H7F3N4/c12-11(13,14)10-7(5-15)6-18(17-10)9-3-1-8(16)2-4-9/h1-4,6H,16H2. The van der Waals surface area contributed by atoms with Gasteiger partial charge in [0.1, 0.15) is 11.6 Å². The summed E-state index contributed by atoms with van der Waals surface area (Å²) in [5.41, 5.74) is 4.65. The van der Waals surface area contributed by atoms with E-state index in [2.05, 4.69) is 5.10 Å². The van der Waals surface area contributed by atoms with E-state index in [1.807, 2.05) is 0 Å². The minimum atomic E-state index is -4.65. The van der Waals surface area contributed by atoms with E-state index in [1.54, 1.807) is 0 Å². The first-order chi connectivity index (χ1) is 8.41. The molecule has 0 saturated heterocycles. The lowest BCUT2D eigenvalue weighted by Gasteiger charge is -2.03. The van der Waals surface area contributed by atoms with E-state index in [0.717, 1.165) is 10.9 Å². The number of anilines is 1. The van der Waals surface area contributed by atoms with Crippen molar-refractivity contribution in [3.05, 3.63) is 41.7 Å². The van der Waals surface area contributed by atoms with Crippen LogP contribution in [0.15, 0.2) is 30.5 Å². The molecule has 18 heavy (non-hydrogen) atoms. The highest BCUT2D eigenvalue weighted by Crippen LogP contribution is 2.30. The Hall–Kier alpha value is -2.49. The van der Waals surface area contributed by atoms with Gasteiger partial charge < -0.3 is 5.73 Å². The van der Waals surface area contributed by atoms with Crippen molar-refractivity contribution in [3.63, 3.8) is 0 Å². The number of aromatic nitrogens is 2. The summed E-state index contributed by atoms with van der Waals surface area (Å²) in [5, 5.41) is 12.0. The topological polar surface area (TPSA) is 67.6 Å². The van der Waals surface area contributed by atoms with Gasteiger partial charge >= 0.3 is 6.18 Å². The third-order valence-electron chi connectivity index (χ3n) is 2.26. The van der Waals surface area contributed by atoms with Crippen LogP contribution >= 0.6 is 0 Å². The van der Waals surface area contributed by atoms with Crippen LogP contribution in [-0.2, 0) is 6.18 Å². The molecule has 7 heteroatoms. The first-order valence-corrected chi connectivity index (χ1v) is 4.84. The molecule has 0 atom stereocenters. The second-order valence-corrected chi connectivity index (χ2v) is 3.54. The first-order valence-electron chi connectivity index (χ1n) is 4.84. The highest BCUT2D eigenvalue weighted by Gasteiger charge is 2.37. The number of nitriles is 1. The molecule has 0 unspecified atom stereocenters. The number of nitrogens with two attached hydrogens (primary N) is 1. The molecule has 0 bridgehead atoms. The van der Waals surface area contributed by atoms with Gasteiger partial charge in [-0.1, -0.05) is 0 Å². The van der Waals surface area contributed by atoms with Crippen LogP contribution in [0.2, 0.25) is 0 Å². The zero-order valence-corrected chi connectivity index (χ0v) is 8.94. The van der Waals surface area contributed by atoms with E-state index in [-0.39, 0.29) is 0 Å². The zero-order chi connectivity index (χ0) is 13.3. The lowest BCUT2D eigenvalue weighted by molar-refractivity contribution is -0.141.